The number of nitriles is 1. The van der Waals surface area contributed by atoms with E-state index in [4.69, 9.17) is 19.6 Å². The number of nitrogens with zero attached hydrogens (tertiary/aromatic N) is 3. The minimum atomic E-state index is -1.15. The summed E-state index contributed by atoms with van der Waals surface area (Å²) in [5.74, 6) is -0.647. The maximum atomic E-state index is 11.5. The number of carbonyl (C=O) groups is 1. The summed E-state index contributed by atoms with van der Waals surface area (Å²) in [5.41, 5.74) is 2.47. The van der Waals surface area contributed by atoms with Crippen LogP contribution in [0.25, 0.3) is 0 Å². The molecule has 1 atom stereocenters. The smallest absolute Gasteiger partial charge is 0.340 e. The van der Waals surface area contributed by atoms with E-state index in [9.17, 15) is 4.79 Å². The molecule has 1 rings (SSSR count). The molecule has 0 aromatic carbocycles. The van der Waals surface area contributed by atoms with Gasteiger partial charge in [0.1, 0.15) is 0 Å². The van der Waals surface area contributed by atoms with E-state index in [1.54, 1.807) is 6.92 Å². The first-order valence-electron chi connectivity index (χ1n) is 6.90. The molecule has 0 aromatic rings. The van der Waals surface area contributed by atoms with Crippen molar-refractivity contribution in [2.75, 3.05) is 53.6 Å². The lowest BCUT2D eigenvalue weighted by molar-refractivity contribution is -0.150. The molecular weight excluding hydrogens is 276 g/mol. The maximum absolute atomic E-state index is 11.5. The van der Waals surface area contributed by atoms with Gasteiger partial charge >= 0.3 is 5.97 Å². The second-order valence-electron chi connectivity index (χ2n) is 4.77. The lowest BCUT2D eigenvalue weighted by Gasteiger charge is -2.34. The Morgan fingerprint density at radius 1 is 1.48 bits per heavy atom. The number of esters is 1. The van der Waals surface area contributed by atoms with E-state index in [1.165, 1.54) is 0 Å². The normalized spacial score (nSPS) is 17.7. The standard InChI is InChI=1S/C13H23N4O4/c1-4-20-13(18)11(9-14)15-21-12(10-16(2)3)17-5-7-19-8-6-17/h11,15H,4-8,10H2,1-3H3. The van der Waals surface area contributed by atoms with E-state index in [-0.39, 0.29) is 6.61 Å². The van der Waals surface area contributed by atoms with Gasteiger partial charge in [-0.3, -0.25) is 9.74 Å². The molecule has 0 spiro atoms. The van der Waals surface area contributed by atoms with Gasteiger partial charge in [-0.05, 0) is 21.0 Å². The van der Waals surface area contributed by atoms with Crippen molar-refractivity contribution in [2.24, 2.45) is 0 Å². The average molecular weight is 299 g/mol. The molecule has 1 aliphatic rings. The Kier molecular flexibility index (Phi) is 8.19. The van der Waals surface area contributed by atoms with Crippen LogP contribution in [0.3, 0.4) is 0 Å². The SMILES string of the molecule is CCOC(=O)C(C#N)NO[C](CN(C)C)N1CCOCC1. The van der Waals surface area contributed by atoms with Gasteiger partial charge in [-0.25, -0.2) is 4.79 Å². The Labute approximate surface area is 125 Å². The highest BCUT2D eigenvalue weighted by atomic mass is 16.7. The summed E-state index contributed by atoms with van der Waals surface area (Å²) >= 11 is 0. The van der Waals surface area contributed by atoms with Gasteiger partial charge in [0.15, 0.2) is 0 Å². The van der Waals surface area contributed by atoms with E-state index in [0.29, 0.717) is 39.1 Å². The van der Waals surface area contributed by atoms with Crippen molar-refractivity contribution in [3.8, 4) is 6.07 Å². The highest BCUT2D eigenvalue weighted by Crippen LogP contribution is 2.12. The number of nitrogens with one attached hydrogen (secondary N) is 1. The first-order chi connectivity index (χ1) is 10.1. The van der Waals surface area contributed by atoms with Gasteiger partial charge in [0, 0.05) is 19.6 Å². The highest BCUT2D eigenvalue weighted by Gasteiger charge is 2.27. The predicted molar refractivity (Wildman–Crippen MR) is 74.4 cm³/mol. The third-order valence-corrected chi connectivity index (χ3v) is 2.76. The monoisotopic (exact) mass is 299 g/mol. The number of hydrogen-bond acceptors (Lipinski definition) is 8. The molecule has 1 aliphatic heterocycles. The van der Waals surface area contributed by atoms with Crippen LogP contribution in [0.4, 0.5) is 0 Å². The van der Waals surface area contributed by atoms with Gasteiger partial charge in [0.25, 0.3) is 0 Å². The van der Waals surface area contributed by atoms with Crippen LogP contribution in [-0.2, 0) is 19.1 Å². The second-order valence-corrected chi connectivity index (χ2v) is 4.77. The van der Waals surface area contributed by atoms with Crippen molar-refractivity contribution in [3.05, 3.63) is 6.23 Å². The largest absolute Gasteiger partial charge is 0.464 e. The quantitative estimate of drug-likeness (QED) is 0.467. The van der Waals surface area contributed by atoms with Crippen LogP contribution in [-0.4, -0.2) is 75.4 Å². The van der Waals surface area contributed by atoms with Crippen molar-refractivity contribution in [3.63, 3.8) is 0 Å². The fourth-order valence-corrected chi connectivity index (χ4v) is 1.76. The zero-order valence-electron chi connectivity index (χ0n) is 12.8. The molecular formula is C13H23N4O4. The minimum Gasteiger partial charge on any atom is -0.464 e. The highest BCUT2D eigenvalue weighted by molar-refractivity contribution is 5.78. The third kappa shape index (κ3) is 6.37. The minimum absolute atomic E-state index is 0.219. The van der Waals surface area contributed by atoms with Crippen molar-refractivity contribution < 1.29 is 19.1 Å². The fraction of sp³-hybridized carbons (Fsp3) is 0.769. The number of carbonyl (C=O) groups excluding carboxylic acids is 1. The molecule has 1 saturated heterocycles. The summed E-state index contributed by atoms with van der Waals surface area (Å²) in [4.78, 5) is 21.0. The molecule has 0 saturated carbocycles. The van der Waals surface area contributed by atoms with Crippen LogP contribution >= 0.6 is 0 Å². The lowest BCUT2D eigenvalue weighted by Crippen LogP contribution is -2.48. The van der Waals surface area contributed by atoms with Crippen LogP contribution in [0.5, 0.6) is 0 Å². The third-order valence-electron chi connectivity index (χ3n) is 2.76. The maximum Gasteiger partial charge on any atom is 0.340 e. The molecule has 8 nitrogen and oxygen atoms in total. The molecule has 0 aliphatic carbocycles. The molecule has 8 heteroatoms. The van der Waals surface area contributed by atoms with Crippen LogP contribution in [0.2, 0.25) is 0 Å². The van der Waals surface area contributed by atoms with Crippen LogP contribution in [0.15, 0.2) is 0 Å². The topological polar surface area (TPSA) is 87.1 Å². The van der Waals surface area contributed by atoms with Crippen LogP contribution in [0.1, 0.15) is 6.92 Å². The lowest BCUT2D eigenvalue weighted by atomic mass is 10.3. The molecule has 0 bridgehead atoms. The van der Waals surface area contributed by atoms with E-state index in [1.807, 2.05) is 30.0 Å². The molecule has 0 aromatic heterocycles. The Hall–Kier alpha value is -1.24. The Bertz CT molecular complexity index is 353. The molecule has 1 heterocycles. The van der Waals surface area contributed by atoms with Gasteiger partial charge in [0.05, 0.1) is 25.9 Å². The summed E-state index contributed by atoms with van der Waals surface area (Å²) in [6.07, 6.45) is 0.646. The number of likely N-dealkylation sites (N-methyl/N-ethyl adjacent to an activating group) is 1. The molecule has 1 radical (unpaired) electrons. The molecule has 0 amide bonds. The van der Waals surface area contributed by atoms with Gasteiger partial charge in [-0.15, -0.1) is 0 Å². The zero-order valence-corrected chi connectivity index (χ0v) is 12.8. The Morgan fingerprint density at radius 3 is 2.67 bits per heavy atom. The molecule has 21 heavy (non-hydrogen) atoms. The summed E-state index contributed by atoms with van der Waals surface area (Å²) in [6, 6.07) is 0.668. The average Bonchev–Trinajstić information content (AvgIpc) is 2.47. The Balaban J connectivity index is 2.54. The van der Waals surface area contributed by atoms with Crippen molar-refractivity contribution in [1.82, 2.24) is 15.3 Å². The molecule has 1 fully saturated rings. The number of morpholine rings is 1. The van der Waals surface area contributed by atoms with E-state index < -0.39 is 12.0 Å². The van der Waals surface area contributed by atoms with Crippen molar-refractivity contribution in [2.45, 2.75) is 13.0 Å². The molecule has 1 unspecified atom stereocenters. The Morgan fingerprint density at radius 2 is 2.14 bits per heavy atom. The van der Waals surface area contributed by atoms with Crippen molar-refractivity contribution >= 4 is 5.97 Å². The van der Waals surface area contributed by atoms with Crippen LogP contribution < -0.4 is 5.48 Å². The second kappa shape index (κ2) is 9.65. The van der Waals surface area contributed by atoms with Crippen molar-refractivity contribution in [1.29, 1.82) is 5.26 Å². The molecule has 1 N–H and O–H groups in total. The van der Waals surface area contributed by atoms with E-state index in [2.05, 4.69) is 5.48 Å². The predicted octanol–water partition coefficient (Wildman–Crippen LogP) is -0.654. The summed E-state index contributed by atoms with van der Waals surface area (Å²) in [5, 5.41) is 8.98. The van der Waals surface area contributed by atoms with Gasteiger partial charge in [-0.1, -0.05) is 0 Å². The first kappa shape index (κ1) is 17.8. The number of hydroxylamine groups is 1. The fourth-order valence-electron chi connectivity index (χ4n) is 1.76. The number of rotatable bonds is 8. The van der Waals surface area contributed by atoms with E-state index in [0.717, 1.165) is 0 Å². The summed E-state index contributed by atoms with van der Waals surface area (Å²) in [6.45, 7) is 5.12. The number of hydrogen-bond donors (Lipinski definition) is 1. The first-order valence-corrected chi connectivity index (χ1v) is 6.90. The molecule has 119 valence electrons. The van der Waals surface area contributed by atoms with E-state index >= 15 is 0 Å². The van der Waals surface area contributed by atoms with Gasteiger partial charge < -0.3 is 14.4 Å². The number of ether oxygens (including phenoxy) is 2. The van der Waals surface area contributed by atoms with Gasteiger partial charge in [-0.2, -0.15) is 10.7 Å². The summed E-state index contributed by atoms with van der Waals surface area (Å²) < 4.78 is 10.1. The van der Waals surface area contributed by atoms with Gasteiger partial charge in [0.2, 0.25) is 12.3 Å². The van der Waals surface area contributed by atoms with Crippen LogP contribution in [0, 0.1) is 17.6 Å². The zero-order chi connectivity index (χ0) is 15.7. The summed E-state index contributed by atoms with van der Waals surface area (Å²) in [7, 11) is 3.83.